The minimum atomic E-state index is -1.67. The summed E-state index contributed by atoms with van der Waals surface area (Å²) < 4.78 is 12.2. The lowest BCUT2D eigenvalue weighted by atomic mass is 10.2. The van der Waals surface area contributed by atoms with E-state index in [0.29, 0.717) is 0 Å². The molecule has 0 saturated heterocycles. The molecule has 0 fully saturated rings. The van der Waals surface area contributed by atoms with Gasteiger partial charge in [0.2, 0.25) is 0 Å². The van der Waals surface area contributed by atoms with Gasteiger partial charge in [-0.1, -0.05) is 20.8 Å². The standard InChI is InChI=1S/C12H28O2Si/c1-10(2,3)13-15(12(7,8)9)14-11(4,5)6/h15H,1-9H3. The van der Waals surface area contributed by atoms with Gasteiger partial charge in [0.05, 0.1) is 0 Å². The fourth-order valence-corrected chi connectivity index (χ4v) is 3.06. The molecule has 0 atom stereocenters. The molecular formula is C12H28O2Si. The van der Waals surface area contributed by atoms with E-state index in [4.69, 9.17) is 8.85 Å². The Morgan fingerprint density at radius 3 is 1.00 bits per heavy atom. The first-order chi connectivity index (χ1) is 6.31. The van der Waals surface area contributed by atoms with Gasteiger partial charge >= 0.3 is 9.28 Å². The zero-order valence-corrected chi connectivity index (χ0v) is 13.0. The Labute approximate surface area is 97.2 Å². The third-order valence-corrected chi connectivity index (χ3v) is 4.88. The molecule has 92 valence electrons. The summed E-state index contributed by atoms with van der Waals surface area (Å²) in [5.74, 6) is 0. The summed E-state index contributed by atoms with van der Waals surface area (Å²) in [6.07, 6.45) is 0. The summed E-state index contributed by atoms with van der Waals surface area (Å²) in [7, 11) is -1.67. The van der Waals surface area contributed by atoms with E-state index in [1.807, 2.05) is 0 Å². The quantitative estimate of drug-likeness (QED) is 0.677. The van der Waals surface area contributed by atoms with Crippen molar-refractivity contribution in [1.82, 2.24) is 0 Å². The van der Waals surface area contributed by atoms with Crippen LogP contribution in [0.1, 0.15) is 62.3 Å². The van der Waals surface area contributed by atoms with Crippen LogP contribution >= 0.6 is 0 Å². The van der Waals surface area contributed by atoms with Crippen molar-refractivity contribution in [3.05, 3.63) is 0 Å². The van der Waals surface area contributed by atoms with Crippen LogP contribution in [0.25, 0.3) is 0 Å². The van der Waals surface area contributed by atoms with Crippen molar-refractivity contribution in [2.24, 2.45) is 0 Å². The SMILES string of the molecule is CC(C)(C)O[SiH](OC(C)(C)C)C(C)(C)C. The monoisotopic (exact) mass is 232 g/mol. The van der Waals surface area contributed by atoms with Gasteiger partial charge in [-0.25, -0.2) is 0 Å². The van der Waals surface area contributed by atoms with E-state index in [1.165, 1.54) is 0 Å². The normalized spacial score (nSPS) is 14.8. The maximum atomic E-state index is 6.09. The van der Waals surface area contributed by atoms with E-state index in [1.54, 1.807) is 0 Å². The molecule has 0 amide bonds. The summed E-state index contributed by atoms with van der Waals surface area (Å²) in [6, 6.07) is 0. The second-order valence-electron chi connectivity index (χ2n) is 7.16. The summed E-state index contributed by atoms with van der Waals surface area (Å²) in [5, 5.41) is 0.126. The maximum absolute atomic E-state index is 6.09. The van der Waals surface area contributed by atoms with Gasteiger partial charge in [-0.2, -0.15) is 0 Å². The van der Waals surface area contributed by atoms with Crippen LogP contribution < -0.4 is 0 Å². The van der Waals surface area contributed by atoms with Gasteiger partial charge in [0.25, 0.3) is 0 Å². The summed E-state index contributed by atoms with van der Waals surface area (Å²) in [4.78, 5) is 0. The smallest absolute Gasteiger partial charge is 0.327 e. The zero-order chi connectivity index (χ0) is 12.5. The van der Waals surface area contributed by atoms with Crippen LogP contribution in [0.4, 0.5) is 0 Å². The highest BCUT2D eigenvalue weighted by Gasteiger charge is 2.36. The van der Waals surface area contributed by atoms with E-state index in [0.717, 1.165) is 0 Å². The average molecular weight is 232 g/mol. The van der Waals surface area contributed by atoms with Crippen LogP contribution in [-0.2, 0) is 8.85 Å². The molecule has 0 aromatic rings. The molecule has 0 unspecified atom stereocenters. The highest BCUT2D eigenvalue weighted by Crippen LogP contribution is 2.33. The van der Waals surface area contributed by atoms with Crippen LogP contribution in [0, 0.1) is 0 Å². The predicted molar refractivity (Wildman–Crippen MR) is 68.5 cm³/mol. The van der Waals surface area contributed by atoms with E-state index in [-0.39, 0.29) is 16.2 Å². The molecule has 2 nitrogen and oxygen atoms in total. The van der Waals surface area contributed by atoms with Crippen LogP contribution in [0.3, 0.4) is 0 Å². The molecule has 0 N–H and O–H groups in total. The van der Waals surface area contributed by atoms with Crippen molar-refractivity contribution in [1.29, 1.82) is 0 Å². The van der Waals surface area contributed by atoms with E-state index in [2.05, 4.69) is 62.3 Å². The van der Waals surface area contributed by atoms with Crippen molar-refractivity contribution in [2.45, 2.75) is 78.6 Å². The fraction of sp³-hybridized carbons (Fsp3) is 1.00. The lowest BCUT2D eigenvalue weighted by molar-refractivity contribution is 0.0238. The van der Waals surface area contributed by atoms with E-state index >= 15 is 0 Å². The third-order valence-electron chi connectivity index (χ3n) is 1.63. The van der Waals surface area contributed by atoms with E-state index < -0.39 is 9.28 Å². The minimum Gasteiger partial charge on any atom is -0.391 e. The Balaban J connectivity index is 4.62. The number of rotatable bonds is 2. The minimum absolute atomic E-state index is 0.116. The third kappa shape index (κ3) is 8.00. The lowest BCUT2D eigenvalue weighted by Gasteiger charge is -2.38. The molecule has 0 aliphatic rings. The predicted octanol–water partition coefficient (Wildman–Crippen LogP) is 3.64. The van der Waals surface area contributed by atoms with Gasteiger partial charge in [0, 0.05) is 16.2 Å². The molecule has 0 rings (SSSR count). The van der Waals surface area contributed by atoms with Gasteiger partial charge in [-0.3, -0.25) is 0 Å². The Morgan fingerprint density at radius 1 is 0.600 bits per heavy atom. The molecule has 0 radical (unpaired) electrons. The molecular weight excluding hydrogens is 204 g/mol. The molecule has 0 aromatic heterocycles. The molecule has 0 saturated carbocycles. The average Bonchev–Trinajstić information content (AvgIpc) is 1.75. The van der Waals surface area contributed by atoms with Gasteiger partial charge in [0.1, 0.15) is 0 Å². The zero-order valence-electron chi connectivity index (χ0n) is 11.9. The van der Waals surface area contributed by atoms with Crippen LogP contribution in [-0.4, -0.2) is 20.5 Å². The van der Waals surface area contributed by atoms with Crippen LogP contribution in [0.15, 0.2) is 0 Å². The first kappa shape index (κ1) is 15.1. The first-order valence-electron chi connectivity index (χ1n) is 5.67. The fourth-order valence-electron chi connectivity index (χ4n) is 1.02. The summed E-state index contributed by atoms with van der Waals surface area (Å²) in [5.41, 5.74) is -0.231. The topological polar surface area (TPSA) is 18.5 Å². The first-order valence-corrected chi connectivity index (χ1v) is 7.19. The van der Waals surface area contributed by atoms with Gasteiger partial charge in [-0.05, 0) is 41.5 Å². The van der Waals surface area contributed by atoms with Crippen molar-refractivity contribution in [3.63, 3.8) is 0 Å². The van der Waals surface area contributed by atoms with Crippen LogP contribution in [0.2, 0.25) is 5.04 Å². The highest BCUT2D eigenvalue weighted by atomic mass is 28.3. The largest absolute Gasteiger partial charge is 0.391 e. The molecule has 0 heterocycles. The molecule has 0 spiro atoms. The van der Waals surface area contributed by atoms with Crippen LogP contribution in [0.5, 0.6) is 0 Å². The summed E-state index contributed by atoms with van der Waals surface area (Å²) in [6.45, 7) is 19.1. The summed E-state index contributed by atoms with van der Waals surface area (Å²) >= 11 is 0. The van der Waals surface area contributed by atoms with Crippen molar-refractivity contribution in [3.8, 4) is 0 Å². The number of hydrogen-bond acceptors (Lipinski definition) is 2. The van der Waals surface area contributed by atoms with Crippen molar-refractivity contribution in [2.75, 3.05) is 0 Å². The van der Waals surface area contributed by atoms with E-state index in [9.17, 15) is 0 Å². The van der Waals surface area contributed by atoms with Crippen molar-refractivity contribution < 1.29 is 8.85 Å². The maximum Gasteiger partial charge on any atom is 0.327 e. The Bertz CT molecular complexity index is 177. The number of hydrogen-bond donors (Lipinski definition) is 0. The molecule has 0 aromatic carbocycles. The molecule has 15 heavy (non-hydrogen) atoms. The van der Waals surface area contributed by atoms with Gasteiger partial charge < -0.3 is 8.85 Å². The highest BCUT2D eigenvalue weighted by molar-refractivity contribution is 6.48. The second-order valence-corrected chi connectivity index (χ2v) is 10.0. The Morgan fingerprint density at radius 2 is 0.867 bits per heavy atom. The van der Waals surface area contributed by atoms with Crippen molar-refractivity contribution >= 4 is 9.28 Å². The van der Waals surface area contributed by atoms with Gasteiger partial charge in [0.15, 0.2) is 0 Å². The molecule has 3 heteroatoms. The Hall–Kier alpha value is 0.137. The molecule has 0 aliphatic heterocycles. The second kappa shape index (κ2) is 4.56. The lowest BCUT2D eigenvalue weighted by Crippen LogP contribution is -2.44. The van der Waals surface area contributed by atoms with Gasteiger partial charge in [-0.15, -0.1) is 0 Å². The Kier molecular flexibility index (Phi) is 4.60. The molecule has 0 aliphatic carbocycles. The molecule has 0 bridgehead atoms.